The van der Waals surface area contributed by atoms with Crippen LogP contribution in [0.1, 0.15) is 28.7 Å². The van der Waals surface area contributed by atoms with E-state index in [1.165, 1.54) is 30.6 Å². The maximum absolute atomic E-state index is 13.1. The first-order chi connectivity index (χ1) is 15.6. The average Bonchev–Trinajstić information content (AvgIpc) is 3.16. The van der Waals surface area contributed by atoms with E-state index in [9.17, 15) is 27.6 Å². The third kappa shape index (κ3) is 4.31. The van der Waals surface area contributed by atoms with Gasteiger partial charge in [0.15, 0.2) is 5.78 Å². The molecule has 0 saturated heterocycles. The van der Waals surface area contributed by atoms with Crippen LogP contribution in [-0.2, 0) is 19.8 Å². The van der Waals surface area contributed by atoms with E-state index in [0.717, 1.165) is 11.7 Å². The first-order valence-corrected chi connectivity index (χ1v) is 10.4. The highest BCUT2D eigenvalue weighted by atomic mass is 32.1. The van der Waals surface area contributed by atoms with Gasteiger partial charge in [0.05, 0.1) is 16.1 Å². The maximum Gasteiger partial charge on any atom is 0.431 e. The minimum Gasteiger partial charge on any atom is -0.487 e. The third-order valence-corrected chi connectivity index (χ3v) is 5.88. The van der Waals surface area contributed by atoms with Gasteiger partial charge in [0.2, 0.25) is 0 Å². The van der Waals surface area contributed by atoms with Crippen LogP contribution in [0.2, 0.25) is 0 Å². The standard InChI is InChI=1S/C22H16F3N3O4S/c1-12(29)13-4-3-5-15(8-13)32-11-17-16-9-14(6-7-18(16)33-26-17)28-20(30)10-19(22(23,24)25)27(2)21(28)31/h3-10H,11H2,1-2H3. The van der Waals surface area contributed by atoms with Crippen LogP contribution in [0.3, 0.4) is 0 Å². The SMILES string of the molecule is CC(=O)c1cccc(OCc2nsc3ccc(-n4c(=O)cc(C(F)(F)F)n(C)c4=O)cc23)c1. The van der Waals surface area contributed by atoms with Crippen molar-refractivity contribution in [3.63, 3.8) is 0 Å². The molecular formula is C22H16F3N3O4S. The second-order valence-electron chi connectivity index (χ2n) is 7.22. The van der Waals surface area contributed by atoms with Crippen molar-refractivity contribution >= 4 is 27.4 Å². The molecule has 2 aromatic heterocycles. The van der Waals surface area contributed by atoms with Crippen LogP contribution in [-0.4, -0.2) is 19.3 Å². The minimum absolute atomic E-state index is 0.0464. The van der Waals surface area contributed by atoms with Crippen molar-refractivity contribution in [2.45, 2.75) is 19.7 Å². The van der Waals surface area contributed by atoms with E-state index < -0.39 is 23.1 Å². The highest BCUT2D eigenvalue weighted by Gasteiger charge is 2.35. The molecule has 0 unspecified atom stereocenters. The number of ketones is 1. The average molecular weight is 475 g/mol. The van der Waals surface area contributed by atoms with E-state index in [-0.39, 0.29) is 18.1 Å². The predicted molar refractivity (Wildman–Crippen MR) is 116 cm³/mol. The number of ether oxygens (including phenoxy) is 1. The van der Waals surface area contributed by atoms with Gasteiger partial charge in [0.25, 0.3) is 5.56 Å². The van der Waals surface area contributed by atoms with Crippen molar-refractivity contribution in [3.8, 4) is 11.4 Å². The Labute approximate surface area is 188 Å². The lowest BCUT2D eigenvalue weighted by molar-refractivity contribution is -0.144. The molecule has 0 bridgehead atoms. The number of benzene rings is 2. The lowest BCUT2D eigenvalue weighted by Gasteiger charge is -2.14. The van der Waals surface area contributed by atoms with Gasteiger partial charge in [-0.3, -0.25) is 14.2 Å². The number of hydrogen-bond acceptors (Lipinski definition) is 6. The molecule has 0 saturated carbocycles. The second kappa shape index (κ2) is 8.32. The van der Waals surface area contributed by atoms with Gasteiger partial charge in [-0.1, -0.05) is 12.1 Å². The lowest BCUT2D eigenvalue weighted by Crippen LogP contribution is -2.40. The molecule has 0 aliphatic carbocycles. The number of carbonyl (C=O) groups excluding carboxylic acids is 1. The number of fused-ring (bicyclic) bond motifs is 1. The summed E-state index contributed by atoms with van der Waals surface area (Å²) in [5, 5.41) is 0.592. The fraction of sp³-hybridized carbons (Fsp3) is 0.182. The number of Topliss-reactive ketones (excluding diaryl/α,β-unsaturated/α-hetero) is 1. The molecule has 4 rings (SSSR count). The van der Waals surface area contributed by atoms with Crippen molar-refractivity contribution in [1.82, 2.24) is 13.5 Å². The molecule has 2 heterocycles. The van der Waals surface area contributed by atoms with Crippen LogP contribution in [0.25, 0.3) is 15.8 Å². The van der Waals surface area contributed by atoms with Crippen molar-refractivity contribution in [2.24, 2.45) is 7.05 Å². The summed E-state index contributed by atoms with van der Waals surface area (Å²) in [4.78, 5) is 36.5. The zero-order valence-corrected chi connectivity index (χ0v) is 18.2. The summed E-state index contributed by atoms with van der Waals surface area (Å²) >= 11 is 1.17. The first kappa shape index (κ1) is 22.5. The van der Waals surface area contributed by atoms with E-state index in [2.05, 4.69) is 4.37 Å². The summed E-state index contributed by atoms with van der Waals surface area (Å²) < 4.78 is 51.2. The highest BCUT2D eigenvalue weighted by molar-refractivity contribution is 7.13. The quantitative estimate of drug-likeness (QED) is 0.408. The number of rotatable bonds is 5. The summed E-state index contributed by atoms with van der Waals surface area (Å²) in [6.07, 6.45) is -4.84. The zero-order valence-electron chi connectivity index (χ0n) is 17.3. The molecule has 0 N–H and O–H groups in total. The van der Waals surface area contributed by atoms with Crippen molar-refractivity contribution in [3.05, 3.63) is 86.3 Å². The Morgan fingerprint density at radius 3 is 2.58 bits per heavy atom. The van der Waals surface area contributed by atoms with Crippen molar-refractivity contribution in [2.75, 3.05) is 0 Å². The Bertz CT molecular complexity index is 1500. The summed E-state index contributed by atoms with van der Waals surface area (Å²) in [5.41, 5.74) is -2.41. The van der Waals surface area contributed by atoms with E-state index in [1.54, 1.807) is 30.3 Å². The Hall–Kier alpha value is -3.73. The van der Waals surface area contributed by atoms with Crippen LogP contribution in [0.15, 0.2) is 58.1 Å². The molecule has 0 radical (unpaired) electrons. The molecular weight excluding hydrogens is 459 g/mol. The summed E-state index contributed by atoms with van der Waals surface area (Å²) in [6.45, 7) is 1.49. The molecule has 0 aliphatic heterocycles. The largest absolute Gasteiger partial charge is 0.487 e. The summed E-state index contributed by atoms with van der Waals surface area (Å²) in [5.74, 6) is 0.362. The highest BCUT2D eigenvalue weighted by Crippen LogP contribution is 2.28. The smallest absolute Gasteiger partial charge is 0.431 e. The molecule has 33 heavy (non-hydrogen) atoms. The van der Waals surface area contributed by atoms with Gasteiger partial charge in [0, 0.05) is 24.1 Å². The van der Waals surface area contributed by atoms with Gasteiger partial charge in [-0.2, -0.15) is 17.5 Å². The first-order valence-electron chi connectivity index (χ1n) is 9.59. The zero-order chi connectivity index (χ0) is 23.9. The number of halogens is 3. The number of hydrogen-bond donors (Lipinski definition) is 0. The topological polar surface area (TPSA) is 83.2 Å². The normalized spacial score (nSPS) is 11.7. The lowest BCUT2D eigenvalue weighted by atomic mass is 10.1. The number of carbonyl (C=O) groups is 1. The Balaban J connectivity index is 1.72. The van der Waals surface area contributed by atoms with Gasteiger partial charge >= 0.3 is 11.9 Å². The number of alkyl halides is 3. The minimum atomic E-state index is -4.84. The van der Waals surface area contributed by atoms with Crippen molar-refractivity contribution < 1.29 is 22.7 Å². The van der Waals surface area contributed by atoms with Crippen LogP contribution < -0.4 is 16.0 Å². The second-order valence-corrected chi connectivity index (χ2v) is 8.03. The van der Waals surface area contributed by atoms with Crippen molar-refractivity contribution in [1.29, 1.82) is 0 Å². The van der Waals surface area contributed by atoms with Crippen LogP contribution in [0.5, 0.6) is 5.75 Å². The van der Waals surface area contributed by atoms with Crippen LogP contribution >= 0.6 is 11.5 Å². The molecule has 7 nitrogen and oxygen atoms in total. The molecule has 0 spiro atoms. The Morgan fingerprint density at radius 1 is 1.12 bits per heavy atom. The fourth-order valence-corrected chi connectivity index (χ4v) is 4.08. The molecule has 11 heteroatoms. The number of nitrogens with zero attached hydrogens (tertiary/aromatic N) is 3. The van der Waals surface area contributed by atoms with E-state index in [1.807, 2.05) is 0 Å². The van der Waals surface area contributed by atoms with E-state index >= 15 is 0 Å². The molecule has 2 aromatic carbocycles. The summed E-state index contributed by atoms with van der Waals surface area (Å²) in [7, 11) is 0.959. The van der Waals surface area contributed by atoms with Gasteiger partial charge < -0.3 is 4.74 Å². The molecule has 4 aromatic rings. The fourth-order valence-electron chi connectivity index (χ4n) is 3.31. The van der Waals surface area contributed by atoms with Gasteiger partial charge in [0.1, 0.15) is 18.1 Å². The van der Waals surface area contributed by atoms with Gasteiger partial charge in [-0.15, -0.1) is 0 Å². The number of aromatic nitrogens is 3. The Kier molecular flexibility index (Phi) is 5.66. The monoisotopic (exact) mass is 475 g/mol. The van der Waals surface area contributed by atoms with E-state index in [4.69, 9.17) is 4.74 Å². The van der Waals surface area contributed by atoms with Crippen LogP contribution in [0.4, 0.5) is 13.2 Å². The predicted octanol–water partition coefficient (Wildman–Crippen LogP) is 3.95. The van der Waals surface area contributed by atoms with Crippen LogP contribution in [0, 0.1) is 0 Å². The molecule has 0 atom stereocenters. The molecule has 0 fully saturated rings. The van der Waals surface area contributed by atoms with Gasteiger partial charge in [-0.05, 0) is 48.8 Å². The summed E-state index contributed by atoms with van der Waals surface area (Å²) in [6, 6.07) is 11.7. The third-order valence-electron chi connectivity index (χ3n) is 5.01. The Morgan fingerprint density at radius 2 is 1.88 bits per heavy atom. The molecule has 0 aliphatic rings. The molecule has 170 valence electrons. The molecule has 0 amide bonds. The maximum atomic E-state index is 13.1. The van der Waals surface area contributed by atoms with E-state index in [0.29, 0.717) is 37.6 Å². The van der Waals surface area contributed by atoms with Gasteiger partial charge in [-0.25, -0.2) is 9.36 Å².